The molecule has 3 rings (SSSR count). The predicted octanol–water partition coefficient (Wildman–Crippen LogP) is 0.479. The highest BCUT2D eigenvalue weighted by molar-refractivity contribution is 5.96. The summed E-state index contributed by atoms with van der Waals surface area (Å²) in [6, 6.07) is 5.41. The van der Waals surface area contributed by atoms with Crippen molar-refractivity contribution < 1.29 is 14.3 Å². The Balaban J connectivity index is 1.92. The van der Waals surface area contributed by atoms with Gasteiger partial charge in [0.2, 0.25) is 12.7 Å². The molecule has 0 radical (unpaired) electrons. The SMILES string of the molecule is N[C@@H]1CC(=O)N(c2ccc3c(c2)OCO3)C1. The summed E-state index contributed by atoms with van der Waals surface area (Å²) >= 11 is 0. The van der Waals surface area contributed by atoms with Gasteiger partial charge < -0.3 is 20.1 Å². The lowest BCUT2D eigenvalue weighted by atomic mass is 10.2. The number of amides is 1. The van der Waals surface area contributed by atoms with Gasteiger partial charge in [-0.2, -0.15) is 0 Å². The summed E-state index contributed by atoms with van der Waals surface area (Å²) in [5, 5.41) is 0. The molecule has 1 atom stereocenters. The first-order valence-electron chi connectivity index (χ1n) is 5.19. The van der Waals surface area contributed by atoms with E-state index in [4.69, 9.17) is 15.2 Å². The van der Waals surface area contributed by atoms with Crippen LogP contribution in [0.25, 0.3) is 0 Å². The smallest absolute Gasteiger partial charge is 0.231 e. The topological polar surface area (TPSA) is 64.8 Å². The molecule has 5 nitrogen and oxygen atoms in total. The summed E-state index contributed by atoms with van der Waals surface area (Å²) in [5.74, 6) is 1.47. The number of carbonyl (C=O) groups is 1. The molecule has 0 aromatic heterocycles. The lowest BCUT2D eigenvalue weighted by Crippen LogP contribution is -2.27. The fraction of sp³-hybridized carbons (Fsp3) is 0.364. The molecule has 1 amide bonds. The second kappa shape index (κ2) is 3.38. The van der Waals surface area contributed by atoms with E-state index in [-0.39, 0.29) is 18.7 Å². The third-order valence-electron chi connectivity index (χ3n) is 2.82. The summed E-state index contributed by atoms with van der Waals surface area (Å²) in [6.07, 6.45) is 0.411. The largest absolute Gasteiger partial charge is 0.454 e. The molecule has 84 valence electrons. The summed E-state index contributed by atoms with van der Waals surface area (Å²) in [4.78, 5) is 13.3. The molecule has 2 N–H and O–H groups in total. The molecule has 5 heteroatoms. The number of benzene rings is 1. The number of hydrogen-bond acceptors (Lipinski definition) is 4. The minimum absolute atomic E-state index is 0.0614. The molecule has 0 spiro atoms. The number of hydrogen-bond donors (Lipinski definition) is 1. The van der Waals surface area contributed by atoms with Crippen LogP contribution < -0.4 is 20.1 Å². The predicted molar refractivity (Wildman–Crippen MR) is 57.5 cm³/mol. The van der Waals surface area contributed by atoms with Crippen molar-refractivity contribution in [1.82, 2.24) is 0 Å². The Hall–Kier alpha value is -1.75. The minimum atomic E-state index is -0.0714. The highest BCUT2D eigenvalue weighted by Crippen LogP contribution is 2.36. The van der Waals surface area contributed by atoms with Crippen LogP contribution in [-0.2, 0) is 4.79 Å². The van der Waals surface area contributed by atoms with Crippen molar-refractivity contribution >= 4 is 11.6 Å². The maximum Gasteiger partial charge on any atom is 0.231 e. The zero-order valence-electron chi connectivity index (χ0n) is 8.68. The Labute approximate surface area is 92.7 Å². The van der Waals surface area contributed by atoms with Crippen LogP contribution >= 0.6 is 0 Å². The first-order chi connectivity index (χ1) is 7.74. The Bertz CT molecular complexity index is 447. The second-order valence-electron chi connectivity index (χ2n) is 4.01. The van der Waals surface area contributed by atoms with E-state index < -0.39 is 0 Å². The number of ether oxygens (including phenoxy) is 2. The molecule has 1 aromatic carbocycles. The van der Waals surface area contributed by atoms with Crippen molar-refractivity contribution in [3.8, 4) is 11.5 Å². The van der Waals surface area contributed by atoms with E-state index in [9.17, 15) is 4.79 Å². The van der Waals surface area contributed by atoms with Crippen LogP contribution in [0.15, 0.2) is 18.2 Å². The van der Waals surface area contributed by atoms with Gasteiger partial charge in [0.05, 0.1) is 0 Å². The van der Waals surface area contributed by atoms with E-state index in [1.165, 1.54) is 0 Å². The van der Waals surface area contributed by atoms with Crippen LogP contribution in [0, 0.1) is 0 Å². The second-order valence-corrected chi connectivity index (χ2v) is 4.01. The fourth-order valence-electron chi connectivity index (χ4n) is 2.04. The van der Waals surface area contributed by atoms with Gasteiger partial charge in [0.1, 0.15) is 0 Å². The highest BCUT2D eigenvalue weighted by atomic mass is 16.7. The minimum Gasteiger partial charge on any atom is -0.454 e. The van der Waals surface area contributed by atoms with E-state index >= 15 is 0 Å². The van der Waals surface area contributed by atoms with Gasteiger partial charge in [-0.25, -0.2) is 0 Å². The molecule has 1 saturated heterocycles. The molecule has 0 bridgehead atoms. The fourth-order valence-corrected chi connectivity index (χ4v) is 2.04. The third kappa shape index (κ3) is 1.40. The number of rotatable bonds is 1. The average molecular weight is 220 g/mol. The van der Waals surface area contributed by atoms with Crippen LogP contribution in [0.5, 0.6) is 11.5 Å². The number of carbonyl (C=O) groups excluding carboxylic acids is 1. The first-order valence-corrected chi connectivity index (χ1v) is 5.19. The number of anilines is 1. The average Bonchev–Trinajstić information content (AvgIpc) is 2.83. The molecular formula is C11H12N2O3. The van der Waals surface area contributed by atoms with Crippen molar-refractivity contribution in [3.63, 3.8) is 0 Å². The van der Waals surface area contributed by atoms with E-state index in [0.717, 1.165) is 11.4 Å². The van der Waals surface area contributed by atoms with Crippen molar-refractivity contribution in [2.75, 3.05) is 18.2 Å². The van der Waals surface area contributed by atoms with E-state index in [1.54, 1.807) is 4.90 Å². The Morgan fingerprint density at radius 2 is 2.12 bits per heavy atom. The van der Waals surface area contributed by atoms with Crippen LogP contribution in [0.4, 0.5) is 5.69 Å². The molecule has 2 aliphatic heterocycles. The van der Waals surface area contributed by atoms with Crippen LogP contribution in [0.1, 0.15) is 6.42 Å². The van der Waals surface area contributed by atoms with E-state index in [2.05, 4.69) is 0 Å². The highest BCUT2D eigenvalue weighted by Gasteiger charge is 2.29. The summed E-state index contributed by atoms with van der Waals surface area (Å²) in [6.45, 7) is 0.810. The van der Waals surface area contributed by atoms with Crippen molar-refractivity contribution in [3.05, 3.63) is 18.2 Å². The van der Waals surface area contributed by atoms with Gasteiger partial charge in [-0.3, -0.25) is 4.79 Å². The van der Waals surface area contributed by atoms with Gasteiger partial charge in [0, 0.05) is 30.8 Å². The van der Waals surface area contributed by atoms with Crippen molar-refractivity contribution in [1.29, 1.82) is 0 Å². The summed E-state index contributed by atoms with van der Waals surface area (Å²) in [7, 11) is 0. The first kappa shape index (κ1) is 9.47. The maximum absolute atomic E-state index is 11.7. The quantitative estimate of drug-likeness (QED) is 0.747. The monoisotopic (exact) mass is 220 g/mol. The van der Waals surface area contributed by atoms with E-state index in [1.807, 2.05) is 18.2 Å². The molecule has 0 aliphatic carbocycles. The molecule has 1 aromatic rings. The van der Waals surface area contributed by atoms with Gasteiger partial charge in [-0.15, -0.1) is 0 Å². The van der Waals surface area contributed by atoms with Gasteiger partial charge in [0.15, 0.2) is 11.5 Å². The number of fused-ring (bicyclic) bond motifs is 1. The Morgan fingerprint density at radius 3 is 2.88 bits per heavy atom. The molecule has 0 unspecified atom stereocenters. The number of nitrogens with zero attached hydrogens (tertiary/aromatic N) is 1. The van der Waals surface area contributed by atoms with Gasteiger partial charge >= 0.3 is 0 Å². The van der Waals surface area contributed by atoms with Crippen LogP contribution in [-0.4, -0.2) is 25.3 Å². The lowest BCUT2D eigenvalue weighted by molar-refractivity contribution is -0.117. The molecule has 2 heterocycles. The molecule has 16 heavy (non-hydrogen) atoms. The number of nitrogens with two attached hydrogens (primary N) is 1. The molecule has 2 aliphatic rings. The third-order valence-corrected chi connectivity index (χ3v) is 2.82. The summed E-state index contributed by atoms with van der Waals surface area (Å²) in [5.41, 5.74) is 6.57. The van der Waals surface area contributed by atoms with Crippen LogP contribution in [0.3, 0.4) is 0 Å². The van der Waals surface area contributed by atoms with Crippen LogP contribution in [0.2, 0.25) is 0 Å². The van der Waals surface area contributed by atoms with E-state index in [0.29, 0.717) is 18.7 Å². The van der Waals surface area contributed by atoms with Gasteiger partial charge in [-0.1, -0.05) is 0 Å². The molecule has 0 saturated carbocycles. The van der Waals surface area contributed by atoms with Crippen molar-refractivity contribution in [2.45, 2.75) is 12.5 Å². The molecular weight excluding hydrogens is 208 g/mol. The normalized spacial score (nSPS) is 22.9. The van der Waals surface area contributed by atoms with Gasteiger partial charge in [0.25, 0.3) is 0 Å². The Kier molecular flexibility index (Phi) is 2.00. The molecule has 1 fully saturated rings. The zero-order valence-corrected chi connectivity index (χ0v) is 8.68. The maximum atomic E-state index is 11.7. The zero-order chi connectivity index (χ0) is 11.1. The van der Waals surface area contributed by atoms with Gasteiger partial charge in [-0.05, 0) is 12.1 Å². The lowest BCUT2D eigenvalue weighted by Gasteiger charge is -2.16. The Morgan fingerprint density at radius 1 is 1.31 bits per heavy atom. The standard InChI is InChI=1S/C11H12N2O3/c12-7-3-11(14)13(5-7)8-1-2-9-10(4-8)16-6-15-9/h1-2,4,7H,3,5-6,12H2/t7-/m1/s1. The van der Waals surface area contributed by atoms with Crippen molar-refractivity contribution in [2.24, 2.45) is 5.73 Å². The summed E-state index contributed by atoms with van der Waals surface area (Å²) < 4.78 is 10.5.